The molecule has 3 aromatic rings. The second-order valence-corrected chi connectivity index (χ2v) is 6.73. The Morgan fingerprint density at radius 2 is 1.93 bits per heavy atom. The van der Waals surface area contributed by atoms with E-state index in [9.17, 15) is 4.79 Å². The van der Waals surface area contributed by atoms with Crippen molar-refractivity contribution in [3.05, 3.63) is 83.6 Å². The molecule has 6 heteroatoms. The molecule has 2 aromatic carbocycles. The number of nitrogens with one attached hydrogen (secondary N) is 3. The van der Waals surface area contributed by atoms with Crippen LogP contribution in [-0.4, -0.2) is 15.9 Å². The number of carbonyl (C=O) groups is 1. The molecule has 3 N–H and O–H groups in total. The molecule has 0 bridgehead atoms. The number of carbonyl (C=O) groups excluding carboxylic acids is 1. The zero-order valence-electron chi connectivity index (χ0n) is 15.8. The molecule has 4 rings (SSSR count). The summed E-state index contributed by atoms with van der Waals surface area (Å²) in [5, 5.41) is 9.49. The molecule has 1 amide bonds. The summed E-state index contributed by atoms with van der Waals surface area (Å²) < 4.78 is 0. The summed E-state index contributed by atoms with van der Waals surface area (Å²) in [7, 11) is 0. The largest absolute Gasteiger partial charge is 0.379 e. The maximum Gasteiger partial charge on any atom is 0.257 e. The van der Waals surface area contributed by atoms with Gasteiger partial charge in [-0.05, 0) is 43.7 Å². The molecular formula is C22H21N5O. The van der Waals surface area contributed by atoms with Crippen LogP contribution in [0.25, 0.3) is 5.57 Å². The second kappa shape index (κ2) is 7.52. The van der Waals surface area contributed by atoms with Gasteiger partial charge in [0.1, 0.15) is 0 Å². The Morgan fingerprint density at radius 3 is 2.71 bits per heavy atom. The first-order chi connectivity index (χ1) is 13.6. The quantitative estimate of drug-likeness (QED) is 0.588. The van der Waals surface area contributed by atoms with Crippen molar-refractivity contribution < 1.29 is 4.79 Å². The SMILES string of the molecule is Cc1cnc(CNc2ccc(NC=C3C(=O)Nc4ccccc43)cc2C)cn1. The third-order valence-corrected chi connectivity index (χ3v) is 4.61. The Balaban J connectivity index is 1.45. The number of para-hydroxylation sites is 1. The van der Waals surface area contributed by atoms with Gasteiger partial charge in [-0.15, -0.1) is 0 Å². The first kappa shape index (κ1) is 17.7. The molecule has 1 aliphatic heterocycles. The number of aromatic nitrogens is 2. The van der Waals surface area contributed by atoms with Gasteiger partial charge < -0.3 is 16.0 Å². The number of aryl methyl sites for hydroxylation is 2. The highest BCUT2D eigenvalue weighted by molar-refractivity contribution is 6.31. The van der Waals surface area contributed by atoms with Crippen LogP contribution in [0.4, 0.5) is 17.1 Å². The molecule has 0 saturated carbocycles. The molecule has 2 heterocycles. The maximum absolute atomic E-state index is 12.2. The lowest BCUT2D eigenvalue weighted by molar-refractivity contribution is -0.110. The van der Waals surface area contributed by atoms with Crippen molar-refractivity contribution in [2.75, 3.05) is 16.0 Å². The van der Waals surface area contributed by atoms with E-state index in [2.05, 4.69) is 25.9 Å². The number of anilines is 3. The molecule has 28 heavy (non-hydrogen) atoms. The van der Waals surface area contributed by atoms with Crippen LogP contribution in [0.3, 0.4) is 0 Å². The van der Waals surface area contributed by atoms with Gasteiger partial charge in [-0.2, -0.15) is 0 Å². The molecule has 6 nitrogen and oxygen atoms in total. The van der Waals surface area contributed by atoms with Gasteiger partial charge in [0.25, 0.3) is 5.91 Å². The number of hydrogen-bond acceptors (Lipinski definition) is 5. The van der Waals surface area contributed by atoms with Crippen molar-refractivity contribution >= 4 is 28.5 Å². The summed E-state index contributed by atoms with van der Waals surface area (Å²) in [5.74, 6) is -0.0945. The topological polar surface area (TPSA) is 78.9 Å². The van der Waals surface area contributed by atoms with Crippen LogP contribution in [0.1, 0.15) is 22.5 Å². The van der Waals surface area contributed by atoms with Crippen LogP contribution in [-0.2, 0) is 11.3 Å². The van der Waals surface area contributed by atoms with Crippen molar-refractivity contribution in [2.24, 2.45) is 0 Å². The normalized spacial score (nSPS) is 13.9. The van der Waals surface area contributed by atoms with E-state index < -0.39 is 0 Å². The minimum atomic E-state index is -0.0945. The minimum Gasteiger partial charge on any atom is -0.379 e. The fourth-order valence-electron chi connectivity index (χ4n) is 3.09. The Kier molecular flexibility index (Phi) is 4.76. The van der Waals surface area contributed by atoms with Crippen LogP contribution in [0.2, 0.25) is 0 Å². The smallest absolute Gasteiger partial charge is 0.257 e. The summed E-state index contributed by atoms with van der Waals surface area (Å²) in [6, 6.07) is 13.7. The zero-order valence-corrected chi connectivity index (χ0v) is 15.8. The third-order valence-electron chi connectivity index (χ3n) is 4.61. The minimum absolute atomic E-state index is 0.0945. The van der Waals surface area contributed by atoms with E-state index in [1.54, 1.807) is 18.6 Å². The molecule has 0 spiro atoms. The molecule has 0 aliphatic carbocycles. The van der Waals surface area contributed by atoms with E-state index in [-0.39, 0.29) is 5.91 Å². The van der Waals surface area contributed by atoms with Crippen LogP contribution in [0.5, 0.6) is 0 Å². The highest BCUT2D eigenvalue weighted by Gasteiger charge is 2.23. The summed E-state index contributed by atoms with van der Waals surface area (Å²) in [4.78, 5) is 20.8. The van der Waals surface area contributed by atoms with Gasteiger partial charge in [-0.3, -0.25) is 14.8 Å². The fourth-order valence-corrected chi connectivity index (χ4v) is 3.09. The van der Waals surface area contributed by atoms with Gasteiger partial charge in [0.15, 0.2) is 0 Å². The summed E-state index contributed by atoms with van der Waals surface area (Å²) in [5.41, 5.74) is 7.23. The number of amides is 1. The predicted molar refractivity (Wildman–Crippen MR) is 112 cm³/mol. The summed E-state index contributed by atoms with van der Waals surface area (Å²) >= 11 is 0. The lowest BCUT2D eigenvalue weighted by Gasteiger charge is -2.11. The maximum atomic E-state index is 12.2. The van der Waals surface area contributed by atoms with Gasteiger partial charge in [-0.25, -0.2) is 0 Å². The predicted octanol–water partition coefficient (Wildman–Crippen LogP) is 4.11. The summed E-state index contributed by atoms with van der Waals surface area (Å²) in [6.07, 6.45) is 5.30. The molecule has 0 atom stereocenters. The van der Waals surface area contributed by atoms with Crippen LogP contribution in [0.15, 0.2) is 61.1 Å². The third kappa shape index (κ3) is 3.71. The second-order valence-electron chi connectivity index (χ2n) is 6.73. The Morgan fingerprint density at radius 1 is 1.07 bits per heavy atom. The molecule has 140 valence electrons. The number of hydrogen-bond donors (Lipinski definition) is 3. The van der Waals surface area contributed by atoms with Gasteiger partial charge >= 0.3 is 0 Å². The zero-order chi connectivity index (χ0) is 19.5. The van der Waals surface area contributed by atoms with Crippen molar-refractivity contribution in [3.63, 3.8) is 0 Å². The number of benzene rings is 2. The van der Waals surface area contributed by atoms with E-state index in [1.165, 1.54) is 0 Å². The van der Waals surface area contributed by atoms with Crippen molar-refractivity contribution in [2.45, 2.75) is 20.4 Å². The number of nitrogens with zero attached hydrogens (tertiary/aromatic N) is 2. The van der Waals surface area contributed by atoms with Gasteiger partial charge in [0.2, 0.25) is 0 Å². The highest BCUT2D eigenvalue weighted by Crippen LogP contribution is 2.31. The van der Waals surface area contributed by atoms with E-state index in [4.69, 9.17) is 0 Å². The Labute approximate surface area is 163 Å². The molecular weight excluding hydrogens is 350 g/mol. The van der Waals surface area contributed by atoms with Crippen LogP contribution >= 0.6 is 0 Å². The van der Waals surface area contributed by atoms with Crippen LogP contribution < -0.4 is 16.0 Å². The van der Waals surface area contributed by atoms with Gasteiger partial charge in [-0.1, -0.05) is 18.2 Å². The van der Waals surface area contributed by atoms with Crippen molar-refractivity contribution in [1.29, 1.82) is 0 Å². The van der Waals surface area contributed by atoms with Gasteiger partial charge in [0, 0.05) is 35.0 Å². The standard InChI is InChI=1S/C22H21N5O/c1-14-9-16(7-8-20(14)26-12-17-11-23-15(2)10-24-17)25-13-19-18-5-3-4-6-21(18)27-22(19)28/h3-11,13,25-26H,12H2,1-2H3,(H,27,28). The van der Waals surface area contributed by atoms with Crippen molar-refractivity contribution in [1.82, 2.24) is 9.97 Å². The van der Waals surface area contributed by atoms with Crippen LogP contribution in [0, 0.1) is 13.8 Å². The molecule has 1 aliphatic rings. The summed E-state index contributed by atoms with van der Waals surface area (Å²) in [6.45, 7) is 4.57. The lowest BCUT2D eigenvalue weighted by Crippen LogP contribution is -2.05. The molecule has 0 unspecified atom stereocenters. The van der Waals surface area contributed by atoms with Crippen molar-refractivity contribution in [3.8, 4) is 0 Å². The monoisotopic (exact) mass is 371 g/mol. The van der Waals surface area contributed by atoms with E-state index in [1.807, 2.05) is 56.3 Å². The fraction of sp³-hybridized carbons (Fsp3) is 0.136. The molecule has 0 saturated heterocycles. The Bertz CT molecular complexity index is 1060. The van der Waals surface area contributed by atoms with E-state index in [0.29, 0.717) is 12.1 Å². The number of fused-ring (bicyclic) bond motifs is 1. The first-order valence-corrected chi connectivity index (χ1v) is 9.09. The van der Waals surface area contributed by atoms with Gasteiger partial charge in [0.05, 0.1) is 29.7 Å². The number of rotatable bonds is 5. The Hall–Kier alpha value is -3.67. The first-order valence-electron chi connectivity index (χ1n) is 9.09. The molecule has 1 aromatic heterocycles. The van der Waals surface area contributed by atoms with E-state index >= 15 is 0 Å². The molecule has 0 fully saturated rings. The highest BCUT2D eigenvalue weighted by atomic mass is 16.2. The lowest BCUT2D eigenvalue weighted by atomic mass is 10.1. The average Bonchev–Trinajstić information content (AvgIpc) is 3.02. The average molecular weight is 371 g/mol. The molecule has 0 radical (unpaired) electrons. The van der Waals surface area contributed by atoms with E-state index in [0.717, 1.165) is 39.6 Å².